The Hall–Kier alpha value is -2.15. The molecule has 0 aromatic carbocycles. The lowest BCUT2D eigenvalue weighted by Gasteiger charge is -2.36. The van der Waals surface area contributed by atoms with E-state index in [0.29, 0.717) is 24.9 Å². The lowest BCUT2D eigenvalue weighted by atomic mass is 9.94. The van der Waals surface area contributed by atoms with Crippen LogP contribution in [0.15, 0.2) is 23.0 Å². The average Bonchev–Trinajstić information content (AvgIpc) is 3.15. The Balaban J connectivity index is 1.40. The zero-order valence-corrected chi connectivity index (χ0v) is 15.6. The molecule has 7 nitrogen and oxygen atoms in total. The lowest BCUT2D eigenvalue weighted by molar-refractivity contribution is -0.135. The third kappa shape index (κ3) is 3.53. The van der Waals surface area contributed by atoms with Crippen LogP contribution in [-0.4, -0.2) is 56.3 Å². The minimum Gasteiger partial charge on any atom is -0.361 e. The lowest BCUT2D eigenvalue weighted by Crippen LogP contribution is -2.47. The van der Waals surface area contributed by atoms with Gasteiger partial charge in [-0.15, -0.1) is 0 Å². The number of hydrogen-bond acceptors (Lipinski definition) is 5. The first-order chi connectivity index (χ1) is 12.6. The molecule has 7 heteroatoms. The Morgan fingerprint density at radius 2 is 2.15 bits per heavy atom. The van der Waals surface area contributed by atoms with Crippen LogP contribution in [0, 0.1) is 19.8 Å². The van der Waals surface area contributed by atoms with E-state index in [2.05, 4.69) is 20.1 Å². The maximum atomic E-state index is 12.8. The predicted molar refractivity (Wildman–Crippen MR) is 96.3 cm³/mol. The Morgan fingerprint density at radius 3 is 2.88 bits per heavy atom. The summed E-state index contributed by atoms with van der Waals surface area (Å²) in [5, 5.41) is 8.27. The zero-order chi connectivity index (χ0) is 18.1. The normalized spacial score (nSPS) is 23.4. The van der Waals surface area contributed by atoms with Crippen LogP contribution in [0.5, 0.6) is 0 Å². The standard InChI is InChI=1S/C19H27N5O2/c1-14-18(15(2)26-21-14)13-22-10-16-4-5-17(12-22)24(11-16)19(25)6-9-23-8-3-7-20-23/h3,7-8,16-17H,4-6,9-13H2,1-2H3/t16-,17+/m0/s1. The van der Waals surface area contributed by atoms with Gasteiger partial charge in [0.2, 0.25) is 5.91 Å². The molecule has 0 N–H and O–H groups in total. The molecule has 0 spiro atoms. The molecular formula is C19H27N5O2. The molecule has 5 rings (SSSR count). The maximum Gasteiger partial charge on any atom is 0.224 e. The van der Waals surface area contributed by atoms with E-state index in [1.54, 1.807) is 6.20 Å². The van der Waals surface area contributed by atoms with Gasteiger partial charge in [0, 0.05) is 63.1 Å². The van der Waals surface area contributed by atoms with Crippen molar-refractivity contribution >= 4 is 5.91 Å². The number of aromatic nitrogens is 3. The molecule has 2 aromatic rings. The third-order valence-electron chi connectivity index (χ3n) is 5.79. The number of aryl methyl sites for hydroxylation is 3. The van der Waals surface area contributed by atoms with Crippen LogP contribution in [0.4, 0.5) is 0 Å². The Bertz CT molecular complexity index is 735. The quantitative estimate of drug-likeness (QED) is 0.819. The van der Waals surface area contributed by atoms with Gasteiger partial charge < -0.3 is 9.42 Å². The molecule has 3 aliphatic heterocycles. The van der Waals surface area contributed by atoms with E-state index in [0.717, 1.165) is 44.1 Å². The number of hydrogen-bond donors (Lipinski definition) is 0. The highest BCUT2D eigenvalue weighted by molar-refractivity contribution is 5.76. The van der Waals surface area contributed by atoms with Crippen molar-refractivity contribution in [2.75, 3.05) is 19.6 Å². The molecular weight excluding hydrogens is 330 g/mol. The van der Waals surface area contributed by atoms with E-state index in [9.17, 15) is 4.79 Å². The highest BCUT2D eigenvalue weighted by Crippen LogP contribution is 2.30. The summed E-state index contributed by atoms with van der Waals surface area (Å²) in [6, 6.07) is 2.21. The molecule has 2 bridgehead atoms. The van der Waals surface area contributed by atoms with E-state index >= 15 is 0 Å². The van der Waals surface area contributed by atoms with Crippen LogP contribution in [-0.2, 0) is 17.9 Å². The summed E-state index contributed by atoms with van der Waals surface area (Å²) in [6.07, 6.45) is 6.51. The molecule has 3 fully saturated rings. The summed E-state index contributed by atoms with van der Waals surface area (Å²) in [4.78, 5) is 17.4. The molecule has 3 saturated heterocycles. The summed E-state index contributed by atoms with van der Waals surface area (Å²) < 4.78 is 7.15. The van der Waals surface area contributed by atoms with Crippen molar-refractivity contribution in [1.82, 2.24) is 24.7 Å². The highest BCUT2D eigenvalue weighted by atomic mass is 16.5. The van der Waals surface area contributed by atoms with Crippen molar-refractivity contribution in [3.05, 3.63) is 35.5 Å². The smallest absolute Gasteiger partial charge is 0.224 e. The third-order valence-corrected chi connectivity index (χ3v) is 5.79. The van der Waals surface area contributed by atoms with Gasteiger partial charge in [-0.05, 0) is 38.7 Å². The highest BCUT2D eigenvalue weighted by Gasteiger charge is 2.37. The Labute approximate surface area is 153 Å². The molecule has 2 atom stereocenters. The topological polar surface area (TPSA) is 67.4 Å². The molecule has 0 saturated carbocycles. The molecule has 26 heavy (non-hydrogen) atoms. The van der Waals surface area contributed by atoms with Crippen LogP contribution < -0.4 is 0 Å². The second-order valence-electron chi connectivity index (χ2n) is 7.66. The molecule has 1 amide bonds. The van der Waals surface area contributed by atoms with Crippen LogP contribution in [0.1, 0.15) is 36.3 Å². The molecule has 0 unspecified atom stereocenters. The van der Waals surface area contributed by atoms with Crippen molar-refractivity contribution in [2.24, 2.45) is 5.92 Å². The first-order valence-electron chi connectivity index (χ1n) is 9.51. The van der Waals surface area contributed by atoms with Crippen LogP contribution in [0.3, 0.4) is 0 Å². The van der Waals surface area contributed by atoms with Crippen LogP contribution >= 0.6 is 0 Å². The van der Waals surface area contributed by atoms with Crippen LogP contribution in [0.25, 0.3) is 0 Å². The Morgan fingerprint density at radius 1 is 1.27 bits per heavy atom. The number of piperidine rings is 1. The number of carbonyl (C=O) groups is 1. The van der Waals surface area contributed by atoms with Gasteiger partial charge in [-0.2, -0.15) is 5.10 Å². The van der Waals surface area contributed by atoms with E-state index in [-0.39, 0.29) is 5.91 Å². The molecule has 2 aromatic heterocycles. The number of amides is 1. The van der Waals surface area contributed by atoms with Crippen molar-refractivity contribution in [3.63, 3.8) is 0 Å². The van der Waals surface area contributed by atoms with Gasteiger partial charge in [-0.3, -0.25) is 14.4 Å². The number of nitrogens with zero attached hydrogens (tertiary/aromatic N) is 5. The molecule has 0 radical (unpaired) electrons. The molecule has 0 aliphatic carbocycles. The fourth-order valence-electron chi connectivity index (χ4n) is 4.35. The van der Waals surface area contributed by atoms with Gasteiger partial charge in [-0.1, -0.05) is 5.16 Å². The molecule has 3 aliphatic rings. The summed E-state index contributed by atoms with van der Waals surface area (Å²) >= 11 is 0. The number of fused-ring (bicyclic) bond motifs is 4. The maximum absolute atomic E-state index is 12.8. The summed E-state index contributed by atoms with van der Waals surface area (Å²) in [7, 11) is 0. The van der Waals surface area contributed by atoms with Gasteiger partial charge in [-0.25, -0.2) is 0 Å². The first kappa shape index (κ1) is 17.3. The minimum absolute atomic E-state index is 0.259. The minimum atomic E-state index is 0.259. The van der Waals surface area contributed by atoms with Gasteiger partial charge in [0.05, 0.1) is 5.69 Å². The van der Waals surface area contributed by atoms with E-state index in [1.165, 1.54) is 12.0 Å². The summed E-state index contributed by atoms with van der Waals surface area (Å²) in [5.41, 5.74) is 2.18. The van der Waals surface area contributed by atoms with E-state index < -0.39 is 0 Å². The summed E-state index contributed by atoms with van der Waals surface area (Å²) in [5.74, 6) is 1.73. The monoisotopic (exact) mass is 357 g/mol. The number of rotatable bonds is 5. The zero-order valence-electron chi connectivity index (χ0n) is 15.6. The predicted octanol–water partition coefficient (Wildman–Crippen LogP) is 2.00. The van der Waals surface area contributed by atoms with Gasteiger partial charge in [0.15, 0.2) is 0 Å². The molecule has 5 heterocycles. The fraction of sp³-hybridized carbons (Fsp3) is 0.632. The first-order valence-corrected chi connectivity index (χ1v) is 9.51. The largest absolute Gasteiger partial charge is 0.361 e. The van der Waals surface area contributed by atoms with E-state index in [4.69, 9.17) is 4.52 Å². The van der Waals surface area contributed by atoms with Gasteiger partial charge in [0.25, 0.3) is 0 Å². The van der Waals surface area contributed by atoms with Gasteiger partial charge in [0.1, 0.15) is 5.76 Å². The van der Waals surface area contributed by atoms with Crippen molar-refractivity contribution in [2.45, 2.75) is 52.2 Å². The van der Waals surface area contributed by atoms with Gasteiger partial charge >= 0.3 is 0 Å². The second kappa shape index (κ2) is 7.23. The summed E-state index contributed by atoms with van der Waals surface area (Å²) in [6.45, 7) is 8.38. The average molecular weight is 357 g/mol. The number of carbonyl (C=O) groups excluding carboxylic acids is 1. The molecule has 140 valence electrons. The van der Waals surface area contributed by atoms with Crippen molar-refractivity contribution < 1.29 is 9.32 Å². The SMILES string of the molecule is Cc1noc(C)c1CN1C[C@@H]2CC[C@H](C1)N(C(=O)CCn1cccn1)C2. The van der Waals surface area contributed by atoms with Crippen LogP contribution in [0.2, 0.25) is 0 Å². The second-order valence-corrected chi connectivity index (χ2v) is 7.66. The fourth-order valence-corrected chi connectivity index (χ4v) is 4.35. The van der Waals surface area contributed by atoms with Crippen molar-refractivity contribution in [1.29, 1.82) is 0 Å². The van der Waals surface area contributed by atoms with Crippen molar-refractivity contribution in [3.8, 4) is 0 Å². The van der Waals surface area contributed by atoms with E-state index in [1.807, 2.05) is 30.8 Å². The Kier molecular flexibility index (Phi) is 4.80.